The lowest BCUT2D eigenvalue weighted by Crippen LogP contribution is -2.42. The van der Waals surface area contributed by atoms with Crippen LogP contribution in [0.25, 0.3) is 0 Å². The molecule has 0 fully saturated rings. The van der Waals surface area contributed by atoms with Crippen molar-refractivity contribution < 1.29 is 14.4 Å². The summed E-state index contributed by atoms with van der Waals surface area (Å²) in [5.41, 5.74) is 8.93. The van der Waals surface area contributed by atoms with E-state index in [2.05, 4.69) is 57.1 Å². The molecule has 14 heteroatoms. The fourth-order valence-electron chi connectivity index (χ4n) is 6.22. The summed E-state index contributed by atoms with van der Waals surface area (Å²) in [5, 5.41) is 15.7. The van der Waals surface area contributed by atoms with Crippen LogP contribution in [0.15, 0.2) is 58.6 Å². The van der Waals surface area contributed by atoms with Crippen LogP contribution in [-0.2, 0) is 9.59 Å². The second-order valence-electron chi connectivity index (χ2n) is 13.0. The summed E-state index contributed by atoms with van der Waals surface area (Å²) < 4.78 is 0. The summed E-state index contributed by atoms with van der Waals surface area (Å²) in [6, 6.07) is 14.2. The van der Waals surface area contributed by atoms with E-state index >= 15 is 0 Å². The van der Waals surface area contributed by atoms with E-state index in [1.165, 1.54) is 21.8 Å². The van der Waals surface area contributed by atoms with Crippen molar-refractivity contribution in [2.75, 3.05) is 22.1 Å². The first kappa shape index (κ1) is 37.2. The molecule has 272 valence electrons. The van der Waals surface area contributed by atoms with Crippen molar-refractivity contribution in [2.45, 2.75) is 85.4 Å². The monoisotopic (exact) mass is 758 g/mol. The van der Waals surface area contributed by atoms with Crippen molar-refractivity contribution in [3.63, 3.8) is 0 Å². The molecule has 11 nitrogen and oxygen atoms in total. The first-order chi connectivity index (χ1) is 25.0. The largest absolute Gasteiger partial charge is 0.356 e. The molecule has 4 aromatic rings. The molecule has 2 atom stereocenters. The van der Waals surface area contributed by atoms with Crippen LogP contribution in [0.5, 0.6) is 0 Å². The van der Waals surface area contributed by atoms with Crippen LogP contribution in [0.1, 0.15) is 87.9 Å². The predicted molar refractivity (Wildman–Crippen MR) is 213 cm³/mol. The Bertz CT molecular complexity index is 2020. The maximum atomic E-state index is 13.3. The summed E-state index contributed by atoms with van der Waals surface area (Å²) in [6.45, 7) is 10.7. The highest BCUT2D eigenvalue weighted by molar-refractivity contribution is 7.17. The zero-order chi connectivity index (χ0) is 36.9. The first-order valence-electron chi connectivity index (χ1n) is 17.5. The minimum absolute atomic E-state index is 0.0735. The van der Waals surface area contributed by atoms with Crippen molar-refractivity contribution in [3.8, 4) is 0 Å². The molecule has 0 bridgehead atoms. The summed E-state index contributed by atoms with van der Waals surface area (Å²) in [7, 11) is 0. The number of unbranched alkanes of at least 4 members (excludes halogenated alkanes) is 3. The molecule has 2 aromatic carbocycles. The van der Waals surface area contributed by atoms with Gasteiger partial charge < -0.3 is 10.6 Å². The smallest absolute Gasteiger partial charge is 0.259 e. The lowest BCUT2D eigenvalue weighted by molar-refractivity contribution is -0.121. The highest BCUT2D eigenvalue weighted by Gasteiger charge is 2.39. The molecule has 0 aliphatic carbocycles. The molecule has 4 N–H and O–H groups in total. The van der Waals surface area contributed by atoms with E-state index in [0.29, 0.717) is 40.8 Å². The van der Waals surface area contributed by atoms with Gasteiger partial charge in [-0.3, -0.25) is 35.0 Å². The van der Waals surface area contributed by atoms with Crippen molar-refractivity contribution >= 4 is 79.4 Å². The number of halogens is 1. The fourth-order valence-corrected chi connectivity index (χ4v) is 8.40. The number of carbonyl (C=O) groups excluding carboxylic acids is 3. The number of anilines is 3. The Morgan fingerprint density at radius 3 is 2.40 bits per heavy atom. The van der Waals surface area contributed by atoms with Gasteiger partial charge in [-0.1, -0.05) is 48.7 Å². The van der Waals surface area contributed by atoms with E-state index in [9.17, 15) is 14.4 Å². The maximum absolute atomic E-state index is 13.3. The average Bonchev–Trinajstić information content (AvgIpc) is 3.72. The maximum Gasteiger partial charge on any atom is 0.259 e. The van der Waals surface area contributed by atoms with Crippen molar-refractivity contribution in [3.05, 3.63) is 91.3 Å². The van der Waals surface area contributed by atoms with Crippen LogP contribution in [0.2, 0.25) is 5.02 Å². The predicted octanol–water partition coefficient (Wildman–Crippen LogP) is 7.73. The lowest BCUT2D eigenvalue weighted by atomic mass is 9.99. The van der Waals surface area contributed by atoms with Gasteiger partial charge in [0, 0.05) is 38.9 Å². The fraction of sp³-hybridized carbons (Fsp3) is 0.368. The molecular formula is C38H43ClN8O3S2. The van der Waals surface area contributed by atoms with Crippen LogP contribution in [0, 0.1) is 27.7 Å². The Hall–Kier alpha value is -4.59. The van der Waals surface area contributed by atoms with Crippen LogP contribution in [0.3, 0.4) is 0 Å². The van der Waals surface area contributed by atoms with Crippen LogP contribution >= 0.6 is 34.3 Å². The molecule has 0 saturated carbocycles. The number of aliphatic imine (C=N–C) groups is 1. The van der Waals surface area contributed by atoms with Crippen LogP contribution in [0.4, 0.5) is 15.8 Å². The number of rotatable bonds is 13. The topological polar surface area (TPSA) is 140 Å². The molecule has 4 heterocycles. The first-order valence-corrected chi connectivity index (χ1v) is 19.5. The standard InChI is InChI=1S/C38H43ClN8O3S2/c1-21-23(3)51-37-33(21)34(26-15-17-27(39)18-16-26)43-30(35-46-45-25(5)47(35)37)20-32(49)40-19-11-7-6-8-14-31(48)42-29-13-10-9-12-28(29)36(50)44-38-41-22(2)24(4)52-38/h9-10,12-13,15-18,25,30,45H,6-8,11,14,19-20H2,1-5H3,(H,40,49)(H,42,48)(H,41,44,50)/t25?,30-/m0/s1. The van der Waals surface area contributed by atoms with E-state index in [0.717, 1.165) is 57.5 Å². The number of nitrogens with one attached hydrogen (secondary N) is 4. The van der Waals surface area contributed by atoms with Crippen molar-refractivity contribution in [1.82, 2.24) is 15.7 Å². The molecule has 0 radical (unpaired) electrons. The lowest BCUT2D eigenvalue weighted by Gasteiger charge is -2.24. The van der Waals surface area contributed by atoms with Gasteiger partial charge in [0.25, 0.3) is 5.91 Å². The van der Waals surface area contributed by atoms with Gasteiger partial charge in [-0.25, -0.2) is 4.98 Å². The summed E-state index contributed by atoms with van der Waals surface area (Å²) in [5.74, 6) is 0.178. The molecule has 2 aliphatic heterocycles. The second kappa shape index (κ2) is 16.4. The van der Waals surface area contributed by atoms with E-state index < -0.39 is 6.04 Å². The third-order valence-corrected chi connectivity index (χ3v) is 11.7. The zero-order valence-corrected chi connectivity index (χ0v) is 32.3. The van der Waals surface area contributed by atoms with Gasteiger partial charge in [0.2, 0.25) is 11.8 Å². The third kappa shape index (κ3) is 8.38. The van der Waals surface area contributed by atoms with Crippen LogP contribution < -0.4 is 26.3 Å². The quantitative estimate of drug-likeness (QED) is 0.103. The zero-order valence-electron chi connectivity index (χ0n) is 29.9. The Morgan fingerprint density at radius 2 is 1.65 bits per heavy atom. The Labute approximate surface area is 317 Å². The molecule has 3 amide bonds. The number of amides is 3. The average molecular weight is 759 g/mol. The number of thiazole rings is 1. The van der Waals surface area contributed by atoms with E-state index in [1.807, 2.05) is 38.1 Å². The number of hydrazone groups is 1. The van der Waals surface area contributed by atoms with Crippen molar-refractivity contribution in [1.29, 1.82) is 0 Å². The highest BCUT2D eigenvalue weighted by Crippen LogP contribution is 2.41. The normalized spacial score (nSPS) is 16.2. The number of para-hydroxylation sites is 1. The number of thiophene rings is 1. The molecule has 0 spiro atoms. The molecule has 52 heavy (non-hydrogen) atoms. The van der Waals surface area contributed by atoms with E-state index in [4.69, 9.17) is 16.6 Å². The number of nitrogens with zero attached hydrogens (tertiary/aromatic N) is 4. The summed E-state index contributed by atoms with van der Waals surface area (Å²) in [6.07, 6.45) is 3.60. The number of benzene rings is 2. The van der Waals surface area contributed by atoms with Gasteiger partial charge in [0.15, 0.2) is 11.0 Å². The van der Waals surface area contributed by atoms with E-state index in [-0.39, 0.29) is 30.3 Å². The van der Waals surface area contributed by atoms with Gasteiger partial charge in [-0.2, -0.15) is 5.10 Å². The third-order valence-electron chi connectivity index (χ3n) is 9.25. The summed E-state index contributed by atoms with van der Waals surface area (Å²) in [4.78, 5) is 53.0. The summed E-state index contributed by atoms with van der Waals surface area (Å²) >= 11 is 9.36. The molecule has 6 rings (SSSR count). The number of amidine groups is 1. The van der Waals surface area contributed by atoms with Gasteiger partial charge in [-0.05, 0) is 77.3 Å². The molecule has 0 saturated heterocycles. The number of fused-ring (bicyclic) bond motifs is 3. The molecule has 2 aromatic heterocycles. The van der Waals surface area contributed by atoms with Gasteiger partial charge in [0.05, 0.1) is 29.1 Å². The number of hydrogen-bond acceptors (Lipinski definition) is 10. The molecule has 2 aliphatic rings. The Kier molecular flexibility index (Phi) is 11.7. The Morgan fingerprint density at radius 1 is 0.904 bits per heavy atom. The minimum Gasteiger partial charge on any atom is -0.356 e. The van der Waals surface area contributed by atoms with Crippen LogP contribution in [-0.4, -0.2) is 53.0 Å². The Balaban J connectivity index is 0.984. The number of aryl methyl sites for hydroxylation is 3. The number of aromatic nitrogens is 1. The number of carbonyl (C=O) groups is 3. The molecule has 1 unspecified atom stereocenters. The number of hydrogen-bond donors (Lipinski definition) is 4. The minimum atomic E-state index is -0.474. The molecular weight excluding hydrogens is 716 g/mol. The highest BCUT2D eigenvalue weighted by atomic mass is 35.5. The van der Waals surface area contributed by atoms with E-state index in [1.54, 1.807) is 35.6 Å². The van der Waals surface area contributed by atoms with Gasteiger partial charge in [-0.15, -0.1) is 22.7 Å². The van der Waals surface area contributed by atoms with Crippen molar-refractivity contribution in [2.24, 2.45) is 10.1 Å². The van der Waals surface area contributed by atoms with Gasteiger partial charge in [0.1, 0.15) is 17.2 Å². The van der Waals surface area contributed by atoms with Gasteiger partial charge >= 0.3 is 0 Å². The second-order valence-corrected chi connectivity index (χ2v) is 15.9. The SMILES string of the molecule is Cc1nc(NC(=O)c2ccccc2NC(=O)CCCCCCNC(=O)C[C@@H]2N=C(c3ccc(Cl)cc3)c3c(sc(C)c3C)N3C2=NNC3C)sc1C.